The Kier molecular flexibility index (Phi) is 2.42. The first-order valence-electron chi connectivity index (χ1n) is 3.08. The minimum absolute atomic E-state index is 0.179. The fourth-order valence-corrected chi connectivity index (χ4v) is 0.716. The molecule has 0 aliphatic rings. The van der Waals surface area contributed by atoms with Gasteiger partial charge in [0, 0.05) is 18.0 Å². The predicted octanol–water partition coefficient (Wildman–Crippen LogP) is 0.900. The molecular weight excluding hydrogens is 142 g/mol. The average Bonchev–Trinajstić information content (AvgIpc) is 2.09. The van der Waals surface area contributed by atoms with Crippen LogP contribution in [0.5, 0.6) is 0 Å². The number of nitrogens with zero attached hydrogens (tertiary/aromatic N) is 1. The molecule has 0 aromatic carbocycles. The molecule has 0 atom stereocenters. The lowest BCUT2D eigenvalue weighted by Gasteiger charge is -1.98. The molecular formula is C8H7NO2. The quantitative estimate of drug-likeness (QED) is 0.463. The van der Waals surface area contributed by atoms with Gasteiger partial charge in [-0.05, 0) is 12.1 Å². The molecule has 1 heterocycles. The zero-order valence-corrected chi connectivity index (χ0v) is 6.07. The van der Waals surface area contributed by atoms with E-state index in [0.717, 1.165) is 0 Å². The lowest BCUT2D eigenvalue weighted by atomic mass is 10.2. The zero-order chi connectivity index (χ0) is 8.10. The van der Waals surface area contributed by atoms with Crippen LogP contribution in [0.3, 0.4) is 0 Å². The van der Waals surface area contributed by atoms with Crippen LogP contribution in [-0.2, 0) is 9.53 Å². The molecule has 0 fully saturated rings. The van der Waals surface area contributed by atoms with Crippen LogP contribution in [0, 0.1) is 0 Å². The van der Waals surface area contributed by atoms with Crippen LogP contribution in [0.4, 0.5) is 0 Å². The molecule has 1 aromatic rings. The molecule has 0 N–H and O–H groups in total. The predicted molar refractivity (Wildman–Crippen MR) is 40.3 cm³/mol. The van der Waals surface area contributed by atoms with Gasteiger partial charge >= 0.3 is 0 Å². The summed E-state index contributed by atoms with van der Waals surface area (Å²) in [5.41, 5.74) is 0.644. The third kappa shape index (κ3) is 1.66. The highest BCUT2D eigenvalue weighted by atomic mass is 16.5. The maximum atomic E-state index is 10.2. The van der Waals surface area contributed by atoms with E-state index in [1.54, 1.807) is 30.5 Å². The Bertz CT molecular complexity index is 275. The Balaban J connectivity index is 3.02. The van der Waals surface area contributed by atoms with Crippen LogP contribution >= 0.6 is 0 Å². The van der Waals surface area contributed by atoms with Crippen LogP contribution < -0.4 is 0 Å². The number of hydrogen-bond acceptors (Lipinski definition) is 3. The third-order valence-electron chi connectivity index (χ3n) is 1.22. The van der Waals surface area contributed by atoms with E-state index in [4.69, 9.17) is 4.74 Å². The second kappa shape index (κ2) is 3.54. The summed E-state index contributed by atoms with van der Waals surface area (Å²) in [5, 5.41) is 0. The van der Waals surface area contributed by atoms with Gasteiger partial charge in [-0.3, -0.25) is 4.98 Å². The Morgan fingerprint density at radius 3 is 3.00 bits per heavy atom. The van der Waals surface area contributed by atoms with Gasteiger partial charge in [-0.1, -0.05) is 0 Å². The van der Waals surface area contributed by atoms with Gasteiger partial charge in [0.15, 0.2) is 5.94 Å². The molecule has 0 aliphatic heterocycles. The summed E-state index contributed by atoms with van der Waals surface area (Å²) in [7, 11) is 1.42. The SMILES string of the molecule is COC(=C=O)c1cccnc1. The average molecular weight is 149 g/mol. The maximum Gasteiger partial charge on any atom is 0.212 e. The molecule has 1 aromatic heterocycles. The van der Waals surface area contributed by atoms with Gasteiger partial charge in [0.1, 0.15) is 0 Å². The molecule has 0 amide bonds. The van der Waals surface area contributed by atoms with Crippen molar-refractivity contribution in [2.24, 2.45) is 0 Å². The van der Waals surface area contributed by atoms with Crippen molar-refractivity contribution in [1.82, 2.24) is 4.98 Å². The number of aromatic nitrogens is 1. The molecule has 0 saturated carbocycles. The first-order valence-corrected chi connectivity index (χ1v) is 3.08. The van der Waals surface area contributed by atoms with Crippen molar-refractivity contribution in [3.8, 4) is 0 Å². The molecule has 3 nitrogen and oxygen atoms in total. The number of ether oxygens (including phenoxy) is 1. The van der Waals surface area contributed by atoms with E-state index >= 15 is 0 Å². The highest BCUT2D eigenvalue weighted by molar-refractivity contribution is 5.82. The molecule has 1 rings (SSSR count). The second-order valence-electron chi connectivity index (χ2n) is 1.88. The minimum Gasteiger partial charge on any atom is -0.486 e. The van der Waals surface area contributed by atoms with E-state index in [1.807, 2.05) is 0 Å². The molecule has 0 saturated heterocycles. The van der Waals surface area contributed by atoms with Crippen LogP contribution in [0.15, 0.2) is 24.5 Å². The highest BCUT2D eigenvalue weighted by Crippen LogP contribution is 2.08. The Labute approximate surface area is 64.3 Å². The molecule has 0 radical (unpaired) electrons. The number of rotatable bonds is 2. The number of hydrogen-bond donors (Lipinski definition) is 0. The van der Waals surface area contributed by atoms with E-state index in [-0.39, 0.29) is 5.76 Å². The summed E-state index contributed by atoms with van der Waals surface area (Å²) >= 11 is 0. The van der Waals surface area contributed by atoms with Gasteiger partial charge in [-0.15, -0.1) is 0 Å². The summed E-state index contributed by atoms with van der Waals surface area (Å²) in [5.74, 6) is 1.85. The smallest absolute Gasteiger partial charge is 0.212 e. The van der Waals surface area contributed by atoms with Crippen molar-refractivity contribution in [2.75, 3.05) is 7.11 Å². The highest BCUT2D eigenvalue weighted by Gasteiger charge is 1.99. The van der Waals surface area contributed by atoms with Crippen molar-refractivity contribution in [3.05, 3.63) is 30.1 Å². The molecule has 0 aliphatic carbocycles. The first-order chi connectivity index (χ1) is 5.38. The van der Waals surface area contributed by atoms with E-state index in [1.165, 1.54) is 7.11 Å². The normalized spacial score (nSPS) is 8.45. The first kappa shape index (κ1) is 7.51. The van der Waals surface area contributed by atoms with Crippen LogP contribution in [0.1, 0.15) is 5.56 Å². The van der Waals surface area contributed by atoms with Crippen molar-refractivity contribution < 1.29 is 9.53 Å². The van der Waals surface area contributed by atoms with Gasteiger partial charge in [0.25, 0.3) is 0 Å². The summed E-state index contributed by atoms with van der Waals surface area (Å²) in [6.45, 7) is 0. The minimum atomic E-state index is 0.179. The van der Waals surface area contributed by atoms with Crippen molar-refractivity contribution in [3.63, 3.8) is 0 Å². The summed E-state index contributed by atoms with van der Waals surface area (Å²) in [4.78, 5) is 14.0. The Hall–Kier alpha value is -1.60. The molecule has 0 unspecified atom stereocenters. The van der Waals surface area contributed by atoms with E-state index in [2.05, 4.69) is 4.98 Å². The maximum absolute atomic E-state index is 10.2. The van der Waals surface area contributed by atoms with E-state index < -0.39 is 0 Å². The standard InChI is InChI=1S/C8H7NO2/c1-11-8(6-10)7-3-2-4-9-5-7/h2-5H,1H3. The van der Waals surface area contributed by atoms with Gasteiger partial charge in [0.05, 0.1) is 7.11 Å². The van der Waals surface area contributed by atoms with Gasteiger partial charge in [-0.2, -0.15) is 0 Å². The van der Waals surface area contributed by atoms with E-state index in [9.17, 15) is 4.79 Å². The van der Waals surface area contributed by atoms with Crippen LogP contribution in [0.2, 0.25) is 0 Å². The topological polar surface area (TPSA) is 39.2 Å². The number of methoxy groups -OCH3 is 1. The monoisotopic (exact) mass is 149 g/mol. The van der Waals surface area contributed by atoms with Crippen LogP contribution in [-0.4, -0.2) is 18.0 Å². The summed E-state index contributed by atoms with van der Waals surface area (Å²) in [6, 6.07) is 3.46. The zero-order valence-electron chi connectivity index (χ0n) is 6.07. The lowest BCUT2D eigenvalue weighted by Crippen LogP contribution is -1.87. The second-order valence-corrected chi connectivity index (χ2v) is 1.88. The summed E-state index contributed by atoms with van der Waals surface area (Å²) < 4.78 is 4.74. The van der Waals surface area contributed by atoms with Gasteiger partial charge in [-0.25, -0.2) is 4.79 Å². The Morgan fingerprint density at radius 1 is 1.73 bits per heavy atom. The van der Waals surface area contributed by atoms with Crippen molar-refractivity contribution in [1.29, 1.82) is 0 Å². The number of pyridine rings is 1. The van der Waals surface area contributed by atoms with Crippen molar-refractivity contribution >= 4 is 11.7 Å². The van der Waals surface area contributed by atoms with E-state index in [0.29, 0.717) is 5.56 Å². The molecule has 56 valence electrons. The van der Waals surface area contributed by atoms with Crippen LogP contribution in [0.25, 0.3) is 5.76 Å². The van der Waals surface area contributed by atoms with Gasteiger partial charge in [0.2, 0.25) is 5.76 Å². The molecule has 11 heavy (non-hydrogen) atoms. The number of carbonyl (C=O) groups excluding carboxylic acids is 1. The van der Waals surface area contributed by atoms with Gasteiger partial charge < -0.3 is 4.74 Å². The molecule has 0 spiro atoms. The molecule has 0 bridgehead atoms. The fourth-order valence-electron chi connectivity index (χ4n) is 0.716. The Morgan fingerprint density at radius 2 is 2.55 bits per heavy atom. The summed E-state index contributed by atoms with van der Waals surface area (Å²) in [6.07, 6.45) is 3.17. The largest absolute Gasteiger partial charge is 0.486 e. The fraction of sp³-hybridized carbons (Fsp3) is 0.125. The third-order valence-corrected chi connectivity index (χ3v) is 1.22. The lowest BCUT2D eigenvalue weighted by molar-refractivity contribution is 0.371. The molecule has 3 heteroatoms. The van der Waals surface area contributed by atoms with Crippen molar-refractivity contribution in [2.45, 2.75) is 0 Å².